The Labute approximate surface area is 453 Å². The lowest BCUT2D eigenvalue weighted by atomic mass is 9.33. The van der Waals surface area contributed by atoms with Gasteiger partial charge in [0.1, 0.15) is 0 Å². The summed E-state index contributed by atoms with van der Waals surface area (Å²) in [6, 6.07) is 55.2. The van der Waals surface area contributed by atoms with E-state index in [9.17, 15) is 0 Å². The normalized spacial score (nSPS) is 21.4. The summed E-state index contributed by atoms with van der Waals surface area (Å²) >= 11 is 0. The van der Waals surface area contributed by atoms with Gasteiger partial charge in [0.25, 0.3) is 6.71 Å². The quantitative estimate of drug-likeness (QED) is 0.164. The van der Waals surface area contributed by atoms with Crippen molar-refractivity contribution in [3.63, 3.8) is 0 Å². The van der Waals surface area contributed by atoms with Crippen LogP contribution in [-0.4, -0.2) is 12.9 Å². The second-order valence-corrected chi connectivity index (χ2v) is 26.8. The second-order valence-electron chi connectivity index (χ2n) is 26.8. The van der Waals surface area contributed by atoms with Gasteiger partial charge in [-0.05, 0) is 187 Å². The first-order valence-electron chi connectivity index (χ1n) is 28.0. The highest BCUT2D eigenvalue weighted by molar-refractivity contribution is 7.00. The molecule has 380 valence electrons. The number of para-hydroxylation sites is 1. The maximum Gasteiger partial charge on any atom is 0.252 e. The minimum absolute atomic E-state index is 0.0180. The third kappa shape index (κ3) is 7.06. The summed E-state index contributed by atoms with van der Waals surface area (Å²) in [5.41, 5.74) is 26.1. The van der Waals surface area contributed by atoms with Gasteiger partial charge in [0.05, 0.1) is 5.54 Å². The number of benzene rings is 7. The molecule has 2 aliphatic carbocycles. The lowest BCUT2D eigenvalue weighted by Crippen LogP contribution is -2.62. The topological polar surface area (TPSA) is 22.1 Å². The number of hydrogen-bond acceptors (Lipinski definition) is 4. The number of hydrogen-bond donors (Lipinski definition) is 0. The number of aryl methyl sites for hydroxylation is 1. The van der Waals surface area contributed by atoms with Crippen LogP contribution >= 0.6 is 0 Å². The molecule has 0 aromatic heterocycles. The van der Waals surface area contributed by atoms with Crippen LogP contribution in [0.3, 0.4) is 0 Å². The fourth-order valence-electron chi connectivity index (χ4n) is 14.4. The number of nitrogens with zero attached hydrogens (tertiary/aromatic N) is 4. The zero-order chi connectivity index (χ0) is 53.1. The van der Waals surface area contributed by atoms with Gasteiger partial charge in [0.2, 0.25) is 0 Å². The van der Waals surface area contributed by atoms with E-state index in [1.807, 2.05) is 12.4 Å². The molecule has 5 heteroatoms. The number of rotatable bonds is 4. The molecule has 0 amide bonds. The summed E-state index contributed by atoms with van der Waals surface area (Å²) in [5, 5.41) is 0. The molecule has 0 bridgehead atoms. The summed E-state index contributed by atoms with van der Waals surface area (Å²) in [6.45, 7) is 33.3. The van der Waals surface area contributed by atoms with Crippen molar-refractivity contribution in [1.82, 2.24) is 0 Å². The third-order valence-electron chi connectivity index (χ3n) is 19.2. The largest absolute Gasteiger partial charge is 0.330 e. The first kappa shape index (κ1) is 48.5. The Bertz CT molecular complexity index is 3710. The molecule has 6 aliphatic rings. The second kappa shape index (κ2) is 16.5. The van der Waals surface area contributed by atoms with Crippen molar-refractivity contribution in [2.75, 3.05) is 14.7 Å². The molecule has 76 heavy (non-hydrogen) atoms. The number of allylic oxidation sites excluding steroid dienone is 4. The Balaban J connectivity index is 1.17. The zero-order valence-electron chi connectivity index (χ0n) is 47.0. The molecule has 13 rings (SSSR count). The van der Waals surface area contributed by atoms with Crippen LogP contribution in [-0.2, 0) is 39.0 Å². The van der Waals surface area contributed by atoms with Crippen molar-refractivity contribution in [2.24, 2.45) is 4.99 Å². The standard InChI is InChI=1S/C71H73BN4/c1-45-26-27-48(44-73-43-45)47-28-31-60-57(36-47)70(12)33-32-46-20-17-18-25-54(46)71(70,13)76(60)53-39-63-65-64(40-53)75(52-24-19-21-49(37-52)66(2,3)4)61-38-50(67(5,6)7)29-30-58(61)72(65)59-41-55-56(69(10,11)35-34-68(55,8)9)42-62(59)74(63)51-22-15-14-16-23-51/h14-31,36-44H,1,32-35H2,2-13H3. The van der Waals surface area contributed by atoms with Gasteiger partial charge in [-0.1, -0.05) is 174 Å². The maximum atomic E-state index is 4.68. The molecule has 0 fully saturated rings. The molecule has 7 aromatic rings. The Kier molecular flexibility index (Phi) is 10.5. The van der Waals surface area contributed by atoms with E-state index < -0.39 is 5.54 Å². The number of anilines is 8. The van der Waals surface area contributed by atoms with Crippen molar-refractivity contribution < 1.29 is 0 Å². The molecular formula is C71H73BN4. The average Bonchev–Trinajstić information content (AvgIpc) is 3.52. The molecule has 2 atom stereocenters. The van der Waals surface area contributed by atoms with Crippen LogP contribution in [0.2, 0.25) is 0 Å². The Morgan fingerprint density at radius 3 is 1.88 bits per heavy atom. The number of aliphatic imine (C=N–C) groups is 1. The zero-order valence-corrected chi connectivity index (χ0v) is 47.0. The van der Waals surface area contributed by atoms with Crippen LogP contribution in [0.25, 0.3) is 5.57 Å². The van der Waals surface area contributed by atoms with Gasteiger partial charge in [-0.25, -0.2) is 0 Å². The van der Waals surface area contributed by atoms with Crippen molar-refractivity contribution in [1.29, 1.82) is 0 Å². The summed E-state index contributed by atoms with van der Waals surface area (Å²) in [5.74, 6) is 0. The van der Waals surface area contributed by atoms with Gasteiger partial charge in [-0.15, -0.1) is 0 Å². The molecule has 0 spiro atoms. The first-order chi connectivity index (χ1) is 36.1. The van der Waals surface area contributed by atoms with Crippen LogP contribution in [0.1, 0.15) is 147 Å². The highest BCUT2D eigenvalue weighted by Crippen LogP contribution is 2.65. The molecule has 0 N–H and O–H groups in total. The van der Waals surface area contributed by atoms with Crippen molar-refractivity contribution >= 4 is 80.4 Å². The van der Waals surface area contributed by atoms with E-state index in [2.05, 4.69) is 261 Å². The fourth-order valence-corrected chi connectivity index (χ4v) is 14.4. The Hall–Kier alpha value is -7.11. The first-order valence-corrected chi connectivity index (χ1v) is 28.0. The van der Waals surface area contributed by atoms with Gasteiger partial charge in [0, 0.05) is 63.3 Å². The number of fused-ring (bicyclic) bond motifs is 10. The molecule has 4 heterocycles. The van der Waals surface area contributed by atoms with Crippen molar-refractivity contribution in [3.8, 4) is 0 Å². The highest BCUT2D eigenvalue weighted by Gasteiger charge is 2.60. The Morgan fingerprint density at radius 1 is 0.513 bits per heavy atom. The van der Waals surface area contributed by atoms with Gasteiger partial charge in [-0.3, -0.25) is 4.99 Å². The van der Waals surface area contributed by atoms with Crippen LogP contribution in [0.15, 0.2) is 175 Å². The highest BCUT2D eigenvalue weighted by atomic mass is 15.3. The predicted molar refractivity (Wildman–Crippen MR) is 326 cm³/mol. The molecule has 0 radical (unpaired) electrons. The smallest absolute Gasteiger partial charge is 0.252 e. The summed E-state index contributed by atoms with van der Waals surface area (Å²) < 4.78 is 0. The lowest BCUT2D eigenvalue weighted by Gasteiger charge is -2.52. The molecule has 4 aliphatic heterocycles. The van der Waals surface area contributed by atoms with E-state index >= 15 is 0 Å². The van der Waals surface area contributed by atoms with E-state index in [4.69, 9.17) is 0 Å². The van der Waals surface area contributed by atoms with E-state index in [0.29, 0.717) is 0 Å². The summed E-state index contributed by atoms with van der Waals surface area (Å²) in [4.78, 5) is 12.8. The van der Waals surface area contributed by atoms with E-state index in [1.165, 1.54) is 106 Å². The Morgan fingerprint density at radius 2 is 1.16 bits per heavy atom. The molecular weight excluding hydrogens is 920 g/mol. The third-order valence-corrected chi connectivity index (χ3v) is 19.2. The van der Waals surface area contributed by atoms with Crippen molar-refractivity contribution in [3.05, 3.63) is 215 Å². The minimum Gasteiger partial charge on any atom is -0.330 e. The maximum absolute atomic E-state index is 4.68. The molecule has 7 aromatic carbocycles. The predicted octanol–water partition coefficient (Wildman–Crippen LogP) is 16.5. The van der Waals surface area contributed by atoms with Crippen molar-refractivity contribution in [2.45, 2.75) is 141 Å². The molecule has 4 nitrogen and oxygen atoms in total. The van der Waals surface area contributed by atoms with Gasteiger partial charge in [0.15, 0.2) is 0 Å². The van der Waals surface area contributed by atoms with Crippen LogP contribution in [0, 0.1) is 0 Å². The van der Waals surface area contributed by atoms with E-state index in [-0.39, 0.29) is 33.8 Å². The van der Waals surface area contributed by atoms with E-state index in [1.54, 1.807) is 0 Å². The summed E-state index contributed by atoms with van der Waals surface area (Å²) in [7, 11) is 0. The SMILES string of the molecule is C=C1C=CC(c2ccc3c(c2)C2(C)CCc4ccccc4C2(C)N3c2cc3c4c(c2)N(c2ccccc2)c2cc5c(cc2B4c2ccc(C(C)(C)C)cc2N3c2cccc(C(C)(C)C)c2)C(C)(C)CCC5(C)C)=CN=C1. The summed E-state index contributed by atoms with van der Waals surface area (Å²) in [6.07, 6.45) is 12.4. The van der Waals surface area contributed by atoms with Crippen LogP contribution in [0.4, 0.5) is 45.5 Å². The lowest BCUT2D eigenvalue weighted by molar-refractivity contribution is 0.245. The molecule has 2 unspecified atom stereocenters. The minimum atomic E-state index is -0.453. The monoisotopic (exact) mass is 993 g/mol. The average molecular weight is 993 g/mol. The van der Waals surface area contributed by atoms with Gasteiger partial charge >= 0.3 is 0 Å². The molecule has 0 saturated carbocycles. The van der Waals surface area contributed by atoms with E-state index in [0.717, 1.165) is 36.8 Å². The van der Waals surface area contributed by atoms with Crippen LogP contribution < -0.4 is 31.1 Å². The molecule has 0 saturated heterocycles. The fraction of sp³-hybridized carbons (Fsp3) is 0.310. The van der Waals surface area contributed by atoms with Crippen LogP contribution in [0.5, 0.6) is 0 Å². The van der Waals surface area contributed by atoms with Gasteiger partial charge < -0.3 is 14.7 Å². The van der Waals surface area contributed by atoms with Gasteiger partial charge in [-0.2, -0.15) is 0 Å².